The normalized spacial score (nSPS) is 10.5. The van der Waals surface area contributed by atoms with Gasteiger partial charge >= 0.3 is 0 Å². The molecule has 0 radical (unpaired) electrons. The molecular formula is C14H15N3OS2. The van der Waals surface area contributed by atoms with Crippen molar-refractivity contribution >= 4 is 39.2 Å². The lowest BCUT2D eigenvalue weighted by Crippen LogP contribution is -2.25. The van der Waals surface area contributed by atoms with Gasteiger partial charge in [-0.1, -0.05) is 17.7 Å². The standard InChI is InChI=1S/C14H15N3OS2/c1-5-6-15-11(18)7-19-13-12-8(2)9(3)20-14(12)17-10(4)16-13/h1H,6-7H2,2-4H3,(H,15,18). The van der Waals surface area contributed by atoms with Gasteiger partial charge in [-0.3, -0.25) is 4.79 Å². The smallest absolute Gasteiger partial charge is 0.231 e. The fourth-order valence-corrected chi connectivity index (χ4v) is 3.85. The highest BCUT2D eigenvalue weighted by atomic mass is 32.2. The maximum atomic E-state index is 11.6. The minimum Gasteiger partial charge on any atom is -0.344 e. The molecule has 0 saturated carbocycles. The third-order valence-corrected chi connectivity index (χ3v) is 4.91. The molecular weight excluding hydrogens is 290 g/mol. The minimum absolute atomic E-state index is 0.0815. The van der Waals surface area contributed by atoms with Gasteiger partial charge in [-0.25, -0.2) is 9.97 Å². The SMILES string of the molecule is C#CCNC(=O)CSc1nc(C)nc2sc(C)c(C)c12. The average molecular weight is 305 g/mol. The Labute approximate surface area is 126 Å². The van der Waals surface area contributed by atoms with E-state index in [-0.39, 0.29) is 12.5 Å². The zero-order valence-electron chi connectivity index (χ0n) is 11.6. The first-order valence-corrected chi connectivity index (χ1v) is 7.90. The zero-order chi connectivity index (χ0) is 14.7. The van der Waals surface area contributed by atoms with Crippen molar-refractivity contribution in [2.45, 2.75) is 25.8 Å². The minimum atomic E-state index is -0.0815. The van der Waals surface area contributed by atoms with E-state index in [1.807, 2.05) is 6.92 Å². The summed E-state index contributed by atoms with van der Waals surface area (Å²) in [6.07, 6.45) is 5.11. The second kappa shape index (κ2) is 6.25. The number of thioether (sulfide) groups is 1. The van der Waals surface area contributed by atoms with Crippen molar-refractivity contribution in [1.29, 1.82) is 0 Å². The summed E-state index contributed by atoms with van der Waals surface area (Å²) in [5, 5.41) is 4.58. The van der Waals surface area contributed by atoms with Gasteiger partial charge in [0, 0.05) is 10.3 Å². The van der Waals surface area contributed by atoms with Crippen molar-refractivity contribution < 1.29 is 4.79 Å². The number of thiophene rings is 1. The Morgan fingerprint density at radius 1 is 1.40 bits per heavy atom. The van der Waals surface area contributed by atoms with E-state index in [9.17, 15) is 4.79 Å². The molecule has 104 valence electrons. The molecule has 0 aromatic carbocycles. The summed E-state index contributed by atoms with van der Waals surface area (Å²) in [5.74, 6) is 3.34. The number of aromatic nitrogens is 2. The number of carbonyl (C=O) groups excluding carboxylic acids is 1. The number of nitrogens with one attached hydrogen (secondary N) is 1. The van der Waals surface area contributed by atoms with Crippen LogP contribution in [0.4, 0.5) is 0 Å². The van der Waals surface area contributed by atoms with Crippen LogP contribution in [0, 0.1) is 33.1 Å². The Balaban J connectivity index is 2.25. The third kappa shape index (κ3) is 3.11. The molecule has 0 aliphatic heterocycles. The number of amides is 1. The summed E-state index contributed by atoms with van der Waals surface area (Å²) in [5.41, 5.74) is 1.19. The summed E-state index contributed by atoms with van der Waals surface area (Å²) in [6.45, 7) is 6.26. The van der Waals surface area contributed by atoms with Crippen LogP contribution in [0.2, 0.25) is 0 Å². The van der Waals surface area contributed by atoms with E-state index in [4.69, 9.17) is 6.42 Å². The number of terminal acetylenes is 1. The zero-order valence-corrected chi connectivity index (χ0v) is 13.2. The molecule has 0 saturated heterocycles. The van der Waals surface area contributed by atoms with Crippen LogP contribution >= 0.6 is 23.1 Å². The van der Waals surface area contributed by atoms with Gasteiger partial charge in [-0.05, 0) is 26.3 Å². The summed E-state index contributed by atoms with van der Waals surface area (Å²) < 4.78 is 0. The Bertz CT molecular complexity index is 700. The Hall–Kier alpha value is -1.58. The van der Waals surface area contributed by atoms with Gasteiger partial charge in [-0.15, -0.1) is 17.8 Å². The van der Waals surface area contributed by atoms with Crippen molar-refractivity contribution in [1.82, 2.24) is 15.3 Å². The summed E-state index contributed by atoms with van der Waals surface area (Å²) in [6, 6.07) is 0. The van der Waals surface area contributed by atoms with Crippen LogP contribution in [0.5, 0.6) is 0 Å². The van der Waals surface area contributed by atoms with Gasteiger partial charge in [0.2, 0.25) is 5.91 Å². The van der Waals surface area contributed by atoms with Crippen LogP contribution in [-0.4, -0.2) is 28.2 Å². The Kier molecular flexibility index (Phi) is 4.63. The topological polar surface area (TPSA) is 54.9 Å². The number of carbonyl (C=O) groups is 1. The van der Waals surface area contributed by atoms with Crippen molar-refractivity contribution in [2.24, 2.45) is 0 Å². The van der Waals surface area contributed by atoms with Crippen molar-refractivity contribution in [3.8, 4) is 12.3 Å². The maximum Gasteiger partial charge on any atom is 0.231 e. The lowest BCUT2D eigenvalue weighted by atomic mass is 10.2. The molecule has 0 bridgehead atoms. The first-order chi connectivity index (χ1) is 9.52. The van der Waals surface area contributed by atoms with Gasteiger partial charge in [-0.2, -0.15) is 0 Å². The second-order valence-corrected chi connectivity index (χ2v) is 6.48. The highest BCUT2D eigenvalue weighted by Gasteiger charge is 2.14. The lowest BCUT2D eigenvalue weighted by Gasteiger charge is -2.05. The van der Waals surface area contributed by atoms with E-state index in [1.54, 1.807) is 11.3 Å². The number of fused-ring (bicyclic) bond motifs is 1. The number of hydrogen-bond donors (Lipinski definition) is 1. The van der Waals surface area contributed by atoms with Crippen LogP contribution in [-0.2, 0) is 4.79 Å². The molecule has 1 N–H and O–H groups in total. The van der Waals surface area contributed by atoms with Gasteiger partial charge in [0.05, 0.1) is 12.3 Å². The third-order valence-electron chi connectivity index (χ3n) is 2.83. The van der Waals surface area contributed by atoms with E-state index in [0.29, 0.717) is 5.75 Å². The average Bonchev–Trinajstić information content (AvgIpc) is 2.68. The molecule has 0 fully saturated rings. The first kappa shape index (κ1) is 14.8. The summed E-state index contributed by atoms with van der Waals surface area (Å²) >= 11 is 3.09. The van der Waals surface area contributed by atoms with Crippen LogP contribution in [0.25, 0.3) is 10.2 Å². The van der Waals surface area contributed by atoms with Crippen molar-refractivity contribution in [2.75, 3.05) is 12.3 Å². The molecule has 2 heterocycles. The quantitative estimate of drug-likeness (QED) is 0.535. The van der Waals surface area contributed by atoms with E-state index in [1.165, 1.54) is 22.2 Å². The number of hydrogen-bond acceptors (Lipinski definition) is 5. The molecule has 0 unspecified atom stereocenters. The summed E-state index contributed by atoms with van der Waals surface area (Å²) in [7, 11) is 0. The molecule has 0 atom stereocenters. The van der Waals surface area contributed by atoms with Gasteiger partial charge in [0.15, 0.2) is 0 Å². The monoisotopic (exact) mass is 305 g/mol. The van der Waals surface area contributed by atoms with Crippen LogP contribution in [0.3, 0.4) is 0 Å². The second-order valence-electron chi connectivity index (χ2n) is 4.31. The first-order valence-electron chi connectivity index (χ1n) is 6.10. The molecule has 1 amide bonds. The number of nitrogens with zero attached hydrogens (tertiary/aromatic N) is 2. The summed E-state index contributed by atoms with van der Waals surface area (Å²) in [4.78, 5) is 22.8. The molecule has 0 aliphatic rings. The fraction of sp³-hybridized carbons (Fsp3) is 0.357. The largest absolute Gasteiger partial charge is 0.344 e. The van der Waals surface area contributed by atoms with Crippen molar-refractivity contribution in [3.63, 3.8) is 0 Å². The van der Waals surface area contributed by atoms with Gasteiger partial charge in [0.25, 0.3) is 0 Å². The molecule has 0 spiro atoms. The van der Waals surface area contributed by atoms with E-state index in [2.05, 4.69) is 35.1 Å². The van der Waals surface area contributed by atoms with Crippen LogP contribution in [0.15, 0.2) is 5.03 Å². The highest BCUT2D eigenvalue weighted by molar-refractivity contribution is 8.00. The molecule has 4 nitrogen and oxygen atoms in total. The molecule has 20 heavy (non-hydrogen) atoms. The highest BCUT2D eigenvalue weighted by Crippen LogP contribution is 2.34. The van der Waals surface area contributed by atoms with Crippen molar-refractivity contribution in [3.05, 3.63) is 16.3 Å². The molecule has 2 aromatic heterocycles. The number of aryl methyl sites for hydroxylation is 3. The molecule has 2 rings (SSSR count). The predicted octanol–water partition coefficient (Wildman–Crippen LogP) is 2.46. The van der Waals surface area contributed by atoms with E-state index >= 15 is 0 Å². The fourth-order valence-electron chi connectivity index (χ4n) is 1.75. The molecule has 2 aromatic rings. The van der Waals surface area contributed by atoms with Gasteiger partial charge in [0.1, 0.15) is 15.7 Å². The number of rotatable bonds is 4. The Morgan fingerprint density at radius 2 is 2.15 bits per heavy atom. The Morgan fingerprint density at radius 3 is 2.85 bits per heavy atom. The van der Waals surface area contributed by atoms with E-state index < -0.39 is 0 Å². The lowest BCUT2D eigenvalue weighted by molar-refractivity contribution is -0.118. The maximum absolute atomic E-state index is 11.6. The van der Waals surface area contributed by atoms with Crippen LogP contribution < -0.4 is 5.32 Å². The van der Waals surface area contributed by atoms with Crippen LogP contribution in [0.1, 0.15) is 16.3 Å². The van der Waals surface area contributed by atoms with E-state index in [0.717, 1.165) is 21.1 Å². The predicted molar refractivity (Wildman–Crippen MR) is 84.2 cm³/mol. The van der Waals surface area contributed by atoms with Gasteiger partial charge < -0.3 is 5.32 Å². The molecule has 6 heteroatoms. The molecule has 0 aliphatic carbocycles.